The summed E-state index contributed by atoms with van der Waals surface area (Å²) < 4.78 is 5.64. The van der Waals surface area contributed by atoms with Gasteiger partial charge < -0.3 is 10.1 Å². The molecule has 0 saturated heterocycles. The van der Waals surface area contributed by atoms with Crippen LogP contribution in [0.3, 0.4) is 0 Å². The van der Waals surface area contributed by atoms with Crippen molar-refractivity contribution < 1.29 is 4.74 Å². The van der Waals surface area contributed by atoms with Crippen molar-refractivity contribution in [2.75, 3.05) is 18.5 Å². The van der Waals surface area contributed by atoms with Crippen molar-refractivity contribution in [2.45, 2.75) is 32.6 Å². The van der Waals surface area contributed by atoms with Crippen molar-refractivity contribution in [3.8, 4) is 5.88 Å². The summed E-state index contributed by atoms with van der Waals surface area (Å²) in [6, 6.07) is 1.67. The molecule has 0 unspecified atom stereocenters. The third kappa shape index (κ3) is 3.42. The molecule has 0 bridgehead atoms. The van der Waals surface area contributed by atoms with Crippen LogP contribution in [0.5, 0.6) is 5.88 Å². The van der Waals surface area contributed by atoms with E-state index < -0.39 is 0 Å². The zero-order valence-electron chi connectivity index (χ0n) is 10.5. The zero-order chi connectivity index (χ0) is 13.0. The lowest BCUT2D eigenvalue weighted by molar-refractivity contribution is 0.217. The highest BCUT2D eigenvalue weighted by Gasteiger charge is 2.17. The van der Waals surface area contributed by atoms with Crippen LogP contribution in [0.4, 0.5) is 5.82 Å². The van der Waals surface area contributed by atoms with Gasteiger partial charge in [-0.1, -0.05) is 42.5 Å². The van der Waals surface area contributed by atoms with E-state index in [4.69, 9.17) is 27.9 Å². The molecule has 0 aliphatic heterocycles. The van der Waals surface area contributed by atoms with Gasteiger partial charge in [-0.3, -0.25) is 0 Å². The van der Waals surface area contributed by atoms with Gasteiger partial charge in [0.25, 0.3) is 0 Å². The number of nitrogens with one attached hydrogen (secondary N) is 1. The quantitative estimate of drug-likeness (QED) is 0.843. The van der Waals surface area contributed by atoms with E-state index in [2.05, 4.69) is 10.3 Å². The monoisotopic (exact) mass is 288 g/mol. The van der Waals surface area contributed by atoms with Gasteiger partial charge in [0.15, 0.2) is 0 Å². The van der Waals surface area contributed by atoms with Crippen LogP contribution in [0.15, 0.2) is 6.07 Å². The van der Waals surface area contributed by atoms with Crippen LogP contribution in [0.2, 0.25) is 10.0 Å². The summed E-state index contributed by atoms with van der Waals surface area (Å²) >= 11 is 12.1. The first-order chi connectivity index (χ1) is 8.70. The molecule has 3 nitrogen and oxygen atoms in total. The van der Waals surface area contributed by atoms with Gasteiger partial charge in [-0.25, -0.2) is 0 Å². The first-order valence-corrected chi connectivity index (χ1v) is 7.19. The Kier molecular flexibility index (Phi) is 4.95. The van der Waals surface area contributed by atoms with Crippen molar-refractivity contribution in [1.82, 2.24) is 4.98 Å². The van der Waals surface area contributed by atoms with Gasteiger partial charge in [0.2, 0.25) is 5.88 Å². The van der Waals surface area contributed by atoms with Crippen molar-refractivity contribution in [1.29, 1.82) is 0 Å². The van der Waals surface area contributed by atoms with Crippen LogP contribution in [-0.4, -0.2) is 18.1 Å². The lowest BCUT2D eigenvalue weighted by Crippen LogP contribution is -2.15. The molecule has 1 N–H and O–H groups in total. The molecule has 1 aliphatic carbocycles. The molecule has 18 heavy (non-hydrogen) atoms. The van der Waals surface area contributed by atoms with E-state index in [9.17, 15) is 0 Å². The molecule has 0 spiro atoms. The molecule has 0 aromatic carbocycles. The average molecular weight is 289 g/mol. The highest BCUT2D eigenvalue weighted by Crippen LogP contribution is 2.32. The van der Waals surface area contributed by atoms with Crippen molar-refractivity contribution in [3.63, 3.8) is 0 Å². The van der Waals surface area contributed by atoms with Crippen molar-refractivity contribution in [3.05, 3.63) is 16.1 Å². The fraction of sp³-hybridized carbons (Fsp3) is 0.615. The van der Waals surface area contributed by atoms with Gasteiger partial charge in [-0.15, -0.1) is 0 Å². The molecule has 5 heteroatoms. The molecule has 1 heterocycles. The minimum absolute atomic E-state index is 0.468. The Labute approximate surface area is 118 Å². The molecular formula is C13H18Cl2N2O. The highest BCUT2D eigenvalue weighted by atomic mass is 35.5. The van der Waals surface area contributed by atoms with Crippen LogP contribution in [-0.2, 0) is 0 Å². The molecule has 1 aromatic heterocycles. The number of ether oxygens (including phenoxy) is 1. The minimum Gasteiger partial charge on any atom is -0.477 e. The van der Waals surface area contributed by atoms with E-state index >= 15 is 0 Å². The Morgan fingerprint density at radius 3 is 2.78 bits per heavy atom. The Balaban J connectivity index is 1.94. The fourth-order valence-electron chi connectivity index (χ4n) is 1.95. The topological polar surface area (TPSA) is 34.2 Å². The van der Waals surface area contributed by atoms with Crippen LogP contribution in [0, 0.1) is 5.92 Å². The molecular weight excluding hydrogens is 271 g/mol. The zero-order valence-corrected chi connectivity index (χ0v) is 12.0. The summed E-state index contributed by atoms with van der Waals surface area (Å²) in [6.45, 7) is 3.42. The molecule has 0 radical (unpaired) electrons. The highest BCUT2D eigenvalue weighted by molar-refractivity contribution is 6.36. The molecule has 0 amide bonds. The Morgan fingerprint density at radius 2 is 2.17 bits per heavy atom. The lowest BCUT2D eigenvalue weighted by atomic mass is 9.83. The maximum absolute atomic E-state index is 6.07. The molecule has 1 aliphatic rings. The van der Waals surface area contributed by atoms with Crippen LogP contribution in [0.1, 0.15) is 32.6 Å². The van der Waals surface area contributed by atoms with Gasteiger partial charge in [-0.05, 0) is 25.3 Å². The predicted octanol–water partition coefficient (Wildman–Crippen LogP) is 4.39. The number of rotatable bonds is 6. The number of halogens is 2. The van der Waals surface area contributed by atoms with E-state index in [0.717, 1.165) is 18.9 Å². The average Bonchev–Trinajstić information content (AvgIpc) is 2.27. The minimum atomic E-state index is 0.468. The second-order valence-corrected chi connectivity index (χ2v) is 5.38. The van der Waals surface area contributed by atoms with E-state index in [-0.39, 0.29) is 0 Å². The smallest absolute Gasteiger partial charge is 0.234 e. The number of nitrogens with zero attached hydrogens (tertiary/aromatic N) is 1. The van der Waals surface area contributed by atoms with Gasteiger partial charge in [0.05, 0.1) is 11.6 Å². The number of hydrogen-bond acceptors (Lipinski definition) is 3. The Hall–Kier alpha value is -0.670. The third-order valence-corrected chi connectivity index (χ3v) is 3.79. The number of pyridine rings is 1. The number of aromatic nitrogens is 1. The first kappa shape index (κ1) is 13.8. The summed E-state index contributed by atoms with van der Waals surface area (Å²) in [7, 11) is 0. The van der Waals surface area contributed by atoms with Crippen molar-refractivity contribution >= 4 is 29.0 Å². The summed E-state index contributed by atoms with van der Waals surface area (Å²) in [6.07, 6.45) is 5.09. The molecule has 1 aromatic rings. The summed E-state index contributed by atoms with van der Waals surface area (Å²) in [4.78, 5) is 4.31. The second kappa shape index (κ2) is 6.48. The first-order valence-electron chi connectivity index (χ1n) is 6.43. The standard InChI is InChI=1S/C13H18Cl2N2O/c1-2-16-12-10(14)8-11(15)13(17-12)18-7-6-9-4-3-5-9/h8-9H,2-7H2,1H3,(H,16,17). The maximum Gasteiger partial charge on any atom is 0.234 e. The largest absolute Gasteiger partial charge is 0.477 e. The summed E-state index contributed by atoms with van der Waals surface area (Å²) in [5.74, 6) is 1.92. The maximum atomic E-state index is 6.07. The van der Waals surface area contributed by atoms with Gasteiger partial charge in [0, 0.05) is 6.54 Å². The van der Waals surface area contributed by atoms with E-state index in [1.54, 1.807) is 6.07 Å². The molecule has 1 saturated carbocycles. The molecule has 100 valence electrons. The van der Waals surface area contributed by atoms with E-state index in [1.807, 2.05) is 6.92 Å². The number of anilines is 1. The van der Waals surface area contributed by atoms with Crippen molar-refractivity contribution in [2.24, 2.45) is 5.92 Å². The molecule has 2 rings (SSSR count). The molecule has 0 atom stereocenters. The summed E-state index contributed by atoms with van der Waals surface area (Å²) in [5, 5.41) is 4.07. The Bertz CT molecular complexity index is 408. The fourth-order valence-corrected chi connectivity index (χ4v) is 2.43. The summed E-state index contributed by atoms with van der Waals surface area (Å²) in [5.41, 5.74) is 0. The predicted molar refractivity (Wildman–Crippen MR) is 75.9 cm³/mol. The third-order valence-electron chi connectivity index (χ3n) is 3.23. The van der Waals surface area contributed by atoms with Gasteiger partial charge in [-0.2, -0.15) is 4.98 Å². The van der Waals surface area contributed by atoms with Crippen LogP contribution < -0.4 is 10.1 Å². The van der Waals surface area contributed by atoms with Crippen LogP contribution in [0.25, 0.3) is 0 Å². The van der Waals surface area contributed by atoms with E-state index in [0.29, 0.717) is 28.3 Å². The second-order valence-electron chi connectivity index (χ2n) is 4.57. The normalized spacial score (nSPS) is 15.3. The number of hydrogen-bond donors (Lipinski definition) is 1. The van der Waals surface area contributed by atoms with Crippen LogP contribution >= 0.6 is 23.2 Å². The molecule has 1 fully saturated rings. The Morgan fingerprint density at radius 1 is 1.39 bits per heavy atom. The SMILES string of the molecule is CCNc1nc(OCCC2CCC2)c(Cl)cc1Cl. The van der Waals surface area contributed by atoms with E-state index in [1.165, 1.54) is 19.3 Å². The van der Waals surface area contributed by atoms with Gasteiger partial charge in [0.1, 0.15) is 10.8 Å². The lowest BCUT2D eigenvalue weighted by Gasteiger charge is -2.25. The van der Waals surface area contributed by atoms with Gasteiger partial charge >= 0.3 is 0 Å².